The first-order valence-corrected chi connectivity index (χ1v) is 9.57. The van der Waals surface area contributed by atoms with E-state index in [2.05, 4.69) is 9.97 Å². The molecule has 4 rings (SSSR count). The van der Waals surface area contributed by atoms with Crippen molar-refractivity contribution in [2.24, 2.45) is 11.7 Å². The van der Waals surface area contributed by atoms with Gasteiger partial charge in [-0.15, -0.1) is 0 Å². The number of ether oxygens (including phenoxy) is 1. The molecule has 2 amide bonds. The molecular formula is C18H23F2N5O3. The monoisotopic (exact) mass is 395 g/mol. The van der Waals surface area contributed by atoms with Crippen LogP contribution in [0.5, 0.6) is 5.88 Å². The molecule has 1 atom stereocenters. The van der Waals surface area contributed by atoms with Crippen molar-refractivity contribution in [3.8, 4) is 5.88 Å². The van der Waals surface area contributed by atoms with Crippen molar-refractivity contribution in [3.05, 3.63) is 11.9 Å². The van der Waals surface area contributed by atoms with Crippen LogP contribution in [0.25, 0.3) is 0 Å². The average molecular weight is 395 g/mol. The topological polar surface area (TPSA) is 102 Å². The molecule has 152 valence electrons. The lowest BCUT2D eigenvalue weighted by Gasteiger charge is -2.39. The zero-order valence-electron chi connectivity index (χ0n) is 15.4. The Bertz CT molecular complexity index is 778. The molecule has 1 aromatic rings. The largest absolute Gasteiger partial charge is 0.475 e. The van der Waals surface area contributed by atoms with Crippen molar-refractivity contribution in [2.75, 3.05) is 31.1 Å². The summed E-state index contributed by atoms with van der Waals surface area (Å²) in [5.74, 6) is -3.03. The van der Waals surface area contributed by atoms with E-state index in [1.54, 1.807) is 0 Å². The van der Waals surface area contributed by atoms with Gasteiger partial charge >= 0.3 is 0 Å². The van der Waals surface area contributed by atoms with Crippen molar-refractivity contribution >= 4 is 17.6 Å². The number of rotatable bonds is 6. The second-order valence-electron chi connectivity index (χ2n) is 7.76. The molecule has 1 aromatic heterocycles. The summed E-state index contributed by atoms with van der Waals surface area (Å²) < 4.78 is 32.2. The lowest BCUT2D eigenvalue weighted by Crippen LogP contribution is -2.56. The van der Waals surface area contributed by atoms with Gasteiger partial charge in [0.1, 0.15) is 6.04 Å². The molecule has 0 spiro atoms. The summed E-state index contributed by atoms with van der Waals surface area (Å²) in [6.45, 7) is -0.0844. The van der Waals surface area contributed by atoms with E-state index in [4.69, 9.17) is 10.5 Å². The number of nitrogens with two attached hydrogens (primary N) is 1. The minimum absolute atomic E-state index is 0.0231. The van der Waals surface area contributed by atoms with Gasteiger partial charge in [-0.3, -0.25) is 9.59 Å². The number of nitrogens with zero attached hydrogens (tertiary/aromatic N) is 4. The van der Waals surface area contributed by atoms with Crippen molar-refractivity contribution < 1.29 is 23.1 Å². The van der Waals surface area contributed by atoms with Crippen molar-refractivity contribution in [2.45, 2.75) is 44.1 Å². The van der Waals surface area contributed by atoms with Gasteiger partial charge in [-0.1, -0.05) is 0 Å². The number of alkyl halides is 2. The van der Waals surface area contributed by atoms with Gasteiger partial charge < -0.3 is 20.3 Å². The second-order valence-corrected chi connectivity index (χ2v) is 7.76. The minimum Gasteiger partial charge on any atom is -0.475 e. The van der Waals surface area contributed by atoms with Gasteiger partial charge in [-0.25, -0.2) is 18.7 Å². The van der Waals surface area contributed by atoms with E-state index >= 15 is 0 Å². The fourth-order valence-electron chi connectivity index (χ4n) is 3.54. The van der Waals surface area contributed by atoms with Gasteiger partial charge in [0.2, 0.25) is 5.91 Å². The summed E-state index contributed by atoms with van der Waals surface area (Å²) in [7, 11) is 0. The molecule has 3 fully saturated rings. The van der Waals surface area contributed by atoms with Gasteiger partial charge in [0.05, 0.1) is 25.9 Å². The van der Waals surface area contributed by atoms with Crippen LogP contribution < -0.4 is 15.4 Å². The van der Waals surface area contributed by atoms with E-state index in [0.29, 0.717) is 25.5 Å². The SMILES string of the molecule is NC(=O)C1CCCCN1C(=O)c1cnc(N2CC(F)(F)C2)c(OCC2CC2)n1. The number of hydrogen-bond acceptors (Lipinski definition) is 6. The molecule has 1 saturated carbocycles. The molecule has 3 heterocycles. The third kappa shape index (κ3) is 3.85. The standard InChI is InChI=1S/C18H23F2N5O3/c19-18(20)9-24(10-18)15-16(28-8-11-4-5-11)23-12(7-22-15)17(27)25-6-2-1-3-13(25)14(21)26/h7,11,13H,1-6,8-10H2,(H2,21,26). The number of carbonyl (C=O) groups is 2. The number of hydrogen-bond donors (Lipinski definition) is 1. The number of halogens is 2. The number of carbonyl (C=O) groups excluding carboxylic acids is 2. The van der Waals surface area contributed by atoms with Crippen LogP contribution in [0.4, 0.5) is 14.6 Å². The van der Waals surface area contributed by atoms with E-state index in [1.807, 2.05) is 0 Å². The molecule has 10 heteroatoms. The van der Waals surface area contributed by atoms with Crippen LogP contribution in [0, 0.1) is 5.92 Å². The zero-order valence-corrected chi connectivity index (χ0v) is 15.4. The maximum atomic E-state index is 13.3. The summed E-state index contributed by atoms with van der Waals surface area (Å²) in [6, 6.07) is -0.673. The average Bonchev–Trinajstić information content (AvgIpc) is 3.48. The minimum atomic E-state index is -2.76. The van der Waals surface area contributed by atoms with Crippen molar-refractivity contribution in [1.82, 2.24) is 14.9 Å². The molecule has 8 nitrogen and oxygen atoms in total. The zero-order chi connectivity index (χ0) is 19.9. The second kappa shape index (κ2) is 7.14. The highest BCUT2D eigenvalue weighted by Crippen LogP contribution is 2.36. The van der Waals surface area contributed by atoms with Gasteiger partial charge in [0.15, 0.2) is 11.5 Å². The maximum absolute atomic E-state index is 13.3. The maximum Gasteiger partial charge on any atom is 0.282 e. The van der Waals surface area contributed by atoms with Gasteiger partial charge in [0.25, 0.3) is 17.7 Å². The summed E-state index contributed by atoms with van der Waals surface area (Å²) in [5, 5.41) is 0. The lowest BCUT2D eigenvalue weighted by molar-refractivity contribution is -0.123. The molecule has 28 heavy (non-hydrogen) atoms. The normalized spacial score (nSPS) is 23.9. The molecule has 0 bridgehead atoms. The van der Waals surface area contributed by atoms with E-state index in [-0.39, 0.29) is 17.4 Å². The molecule has 2 aliphatic heterocycles. The molecular weight excluding hydrogens is 372 g/mol. The van der Waals surface area contributed by atoms with E-state index in [0.717, 1.165) is 25.7 Å². The Morgan fingerprint density at radius 2 is 2.00 bits per heavy atom. The van der Waals surface area contributed by atoms with Crippen LogP contribution in [-0.2, 0) is 4.79 Å². The van der Waals surface area contributed by atoms with Gasteiger partial charge in [-0.2, -0.15) is 0 Å². The number of amides is 2. The highest BCUT2D eigenvalue weighted by Gasteiger charge is 2.46. The Labute approximate surface area is 161 Å². The Kier molecular flexibility index (Phi) is 4.80. The summed E-state index contributed by atoms with van der Waals surface area (Å²) >= 11 is 0. The van der Waals surface area contributed by atoms with Crippen LogP contribution in [0.2, 0.25) is 0 Å². The Morgan fingerprint density at radius 3 is 2.64 bits per heavy atom. The van der Waals surface area contributed by atoms with Crippen molar-refractivity contribution in [3.63, 3.8) is 0 Å². The molecule has 0 radical (unpaired) electrons. The molecule has 2 N–H and O–H groups in total. The molecule has 1 unspecified atom stereocenters. The first kappa shape index (κ1) is 18.8. The molecule has 2 saturated heterocycles. The van der Waals surface area contributed by atoms with Crippen LogP contribution >= 0.6 is 0 Å². The van der Waals surface area contributed by atoms with Crippen LogP contribution in [0.3, 0.4) is 0 Å². The lowest BCUT2D eigenvalue weighted by atomic mass is 10.0. The number of likely N-dealkylation sites (tertiary alicyclic amines) is 1. The van der Waals surface area contributed by atoms with Crippen LogP contribution in [0.15, 0.2) is 6.20 Å². The van der Waals surface area contributed by atoms with Crippen LogP contribution in [-0.4, -0.2) is 64.9 Å². The number of primary amides is 1. The number of piperidine rings is 1. The molecule has 1 aliphatic carbocycles. The van der Waals surface area contributed by atoms with Gasteiger partial charge in [-0.05, 0) is 38.0 Å². The quantitative estimate of drug-likeness (QED) is 0.777. The Hall–Kier alpha value is -2.52. The Morgan fingerprint density at radius 1 is 1.25 bits per heavy atom. The van der Waals surface area contributed by atoms with Crippen molar-refractivity contribution in [1.29, 1.82) is 0 Å². The molecule has 0 aromatic carbocycles. The third-order valence-electron chi connectivity index (χ3n) is 5.33. The highest BCUT2D eigenvalue weighted by atomic mass is 19.3. The first-order valence-electron chi connectivity index (χ1n) is 9.57. The fraction of sp³-hybridized carbons (Fsp3) is 0.667. The van der Waals surface area contributed by atoms with E-state index in [9.17, 15) is 18.4 Å². The summed E-state index contributed by atoms with van der Waals surface area (Å²) in [4.78, 5) is 35.9. The molecule has 3 aliphatic rings. The highest BCUT2D eigenvalue weighted by molar-refractivity contribution is 5.96. The van der Waals surface area contributed by atoms with Gasteiger partial charge in [0, 0.05) is 6.54 Å². The number of aromatic nitrogens is 2. The summed E-state index contributed by atoms with van der Waals surface area (Å²) in [5.41, 5.74) is 5.46. The smallest absolute Gasteiger partial charge is 0.282 e. The third-order valence-corrected chi connectivity index (χ3v) is 5.33. The predicted molar refractivity (Wildman–Crippen MR) is 95.3 cm³/mol. The van der Waals surface area contributed by atoms with E-state index < -0.39 is 36.9 Å². The fourth-order valence-corrected chi connectivity index (χ4v) is 3.54. The summed E-state index contributed by atoms with van der Waals surface area (Å²) in [6.07, 6.45) is 5.47. The number of anilines is 1. The van der Waals surface area contributed by atoms with Crippen LogP contribution in [0.1, 0.15) is 42.6 Å². The first-order chi connectivity index (χ1) is 13.3. The predicted octanol–water partition coefficient (Wildman–Crippen LogP) is 1.20. The van der Waals surface area contributed by atoms with E-state index in [1.165, 1.54) is 16.0 Å². The Balaban J connectivity index is 1.57.